The van der Waals surface area contributed by atoms with Gasteiger partial charge in [-0.15, -0.1) is 0 Å². The van der Waals surface area contributed by atoms with Crippen molar-refractivity contribution in [3.63, 3.8) is 0 Å². The Labute approximate surface area is 108 Å². The maximum absolute atomic E-state index is 12.2. The quantitative estimate of drug-likeness (QED) is 0.796. The Morgan fingerprint density at radius 3 is 2.72 bits per heavy atom. The summed E-state index contributed by atoms with van der Waals surface area (Å²) >= 11 is 0. The van der Waals surface area contributed by atoms with Gasteiger partial charge in [-0.3, -0.25) is 4.79 Å². The Morgan fingerprint density at radius 2 is 2.17 bits per heavy atom. The summed E-state index contributed by atoms with van der Waals surface area (Å²) in [6.45, 7) is 2.98. The number of carbonyl (C=O) groups excluding carboxylic acids is 1. The van der Waals surface area contributed by atoms with Crippen LogP contribution in [0.4, 0.5) is 11.4 Å². The molecule has 0 radical (unpaired) electrons. The zero-order valence-electron chi connectivity index (χ0n) is 11.2. The first-order chi connectivity index (χ1) is 8.49. The summed E-state index contributed by atoms with van der Waals surface area (Å²) in [4.78, 5) is 14.1. The molecule has 3 N–H and O–H groups in total. The lowest BCUT2D eigenvalue weighted by Crippen LogP contribution is -2.28. The largest absolute Gasteiger partial charge is 0.399 e. The molecule has 4 heteroatoms. The predicted octanol–water partition coefficient (Wildman–Crippen LogP) is 1.72. The molecule has 2 unspecified atom stereocenters. The van der Waals surface area contributed by atoms with Crippen molar-refractivity contribution in [1.29, 1.82) is 0 Å². The monoisotopic (exact) mass is 247 g/mol. The van der Waals surface area contributed by atoms with E-state index in [9.17, 15) is 4.79 Å². The number of hydrogen-bond donors (Lipinski definition) is 2. The molecule has 4 nitrogen and oxygen atoms in total. The summed E-state index contributed by atoms with van der Waals surface area (Å²) in [5, 5.41) is 2.99. The maximum atomic E-state index is 12.2. The van der Waals surface area contributed by atoms with Crippen molar-refractivity contribution < 1.29 is 4.79 Å². The van der Waals surface area contributed by atoms with E-state index in [-0.39, 0.29) is 5.91 Å². The molecule has 0 spiro atoms. The Balaban J connectivity index is 2.10. The van der Waals surface area contributed by atoms with Gasteiger partial charge in [-0.05, 0) is 36.5 Å². The minimum atomic E-state index is -0.0369. The summed E-state index contributed by atoms with van der Waals surface area (Å²) < 4.78 is 0. The second-order valence-corrected chi connectivity index (χ2v) is 5.35. The van der Waals surface area contributed by atoms with Gasteiger partial charge in [-0.25, -0.2) is 0 Å². The van der Waals surface area contributed by atoms with Gasteiger partial charge >= 0.3 is 0 Å². The molecule has 98 valence electrons. The lowest BCUT2D eigenvalue weighted by molar-refractivity contribution is 0.0952. The maximum Gasteiger partial charge on any atom is 0.253 e. The zero-order chi connectivity index (χ0) is 13.3. The van der Waals surface area contributed by atoms with Crippen molar-refractivity contribution in [2.45, 2.75) is 13.3 Å². The van der Waals surface area contributed by atoms with Gasteiger partial charge in [0.1, 0.15) is 0 Å². The molecule has 0 aliphatic heterocycles. The van der Waals surface area contributed by atoms with Crippen molar-refractivity contribution in [1.82, 2.24) is 5.32 Å². The third-order valence-corrected chi connectivity index (χ3v) is 3.55. The van der Waals surface area contributed by atoms with Gasteiger partial charge in [0.05, 0.1) is 5.56 Å². The fourth-order valence-electron chi connectivity index (χ4n) is 2.13. The molecule has 1 aliphatic rings. The van der Waals surface area contributed by atoms with Crippen molar-refractivity contribution in [3.05, 3.63) is 23.8 Å². The Kier molecular flexibility index (Phi) is 3.45. The van der Waals surface area contributed by atoms with Crippen LogP contribution in [0, 0.1) is 11.8 Å². The van der Waals surface area contributed by atoms with E-state index < -0.39 is 0 Å². The number of nitrogens with one attached hydrogen (secondary N) is 1. The fraction of sp³-hybridized carbons (Fsp3) is 0.500. The first-order valence-electron chi connectivity index (χ1n) is 6.34. The highest BCUT2D eigenvalue weighted by molar-refractivity contribution is 6.00. The van der Waals surface area contributed by atoms with E-state index in [2.05, 4.69) is 12.2 Å². The van der Waals surface area contributed by atoms with Gasteiger partial charge in [0.2, 0.25) is 0 Å². The van der Waals surface area contributed by atoms with Crippen LogP contribution in [0.3, 0.4) is 0 Å². The van der Waals surface area contributed by atoms with Crippen molar-refractivity contribution in [2.75, 3.05) is 31.3 Å². The molecule has 1 fully saturated rings. The fourth-order valence-corrected chi connectivity index (χ4v) is 2.13. The molecule has 18 heavy (non-hydrogen) atoms. The first kappa shape index (κ1) is 12.7. The Bertz CT molecular complexity index is 456. The summed E-state index contributed by atoms with van der Waals surface area (Å²) in [5.74, 6) is 1.36. The van der Waals surface area contributed by atoms with Crippen LogP contribution < -0.4 is 16.0 Å². The highest BCUT2D eigenvalue weighted by Gasteiger charge is 2.32. The molecule has 0 saturated heterocycles. The molecule has 1 aromatic carbocycles. The number of carbonyl (C=O) groups is 1. The van der Waals surface area contributed by atoms with Gasteiger partial charge in [0, 0.05) is 32.0 Å². The van der Waals surface area contributed by atoms with E-state index in [1.165, 1.54) is 6.42 Å². The normalized spacial score (nSPS) is 21.5. The lowest BCUT2D eigenvalue weighted by atomic mass is 10.1. The molecule has 0 bridgehead atoms. The molecule has 1 aromatic rings. The number of anilines is 2. The van der Waals surface area contributed by atoms with Crippen LogP contribution in [0.15, 0.2) is 18.2 Å². The van der Waals surface area contributed by atoms with Gasteiger partial charge < -0.3 is 16.0 Å². The second-order valence-electron chi connectivity index (χ2n) is 5.35. The van der Waals surface area contributed by atoms with E-state index in [0.717, 1.165) is 18.2 Å². The summed E-state index contributed by atoms with van der Waals surface area (Å²) in [6, 6.07) is 5.43. The van der Waals surface area contributed by atoms with Crippen LogP contribution in [-0.2, 0) is 0 Å². The van der Waals surface area contributed by atoms with Crippen molar-refractivity contribution >= 4 is 17.3 Å². The highest BCUT2D eigenvalue weighted by Crippen LogP contribution is 2.36. The van der Waals surface area contributed by atoms with Crippen molar-refractivity contribution in [3.8, 4) is 0 Å². The minimum Gasteiger partial charge on any atom is -0.399 e. The molecule has 2 atom stereocenters. The van der Waals surface area contributed by atoms with Crippen LogP contribution in [0.2, 0.25) is 0 Å². The summed E-state index contributed by atoms with van der Waals surface area (Å²) in [6.07, 6.45) is 1.22. The van der Waals surface area contributed by atoms with Gasteiger partial charge in [-0.2, -0.15) is 0 Å². The average Bonchev–Trinajstić information content (AvgIpc) is 3.01. The number of hydrogen-bond acceptors (Lipinski definition) is 3. The van der Waals surface area contributed by atoms with Gasteiger partial charge in [-0.1, -0.05) is 6.92 Å². The molecule has 1 aliphatic carbocycles. The molecule has 2 rings (SSSR count). The van der Waals surface area contributed by atoms with Gasteiger partial charge in [0.15, 0.2) is 0 Å². The lowest BCUT2D eigenvalue weighted by Gasteiger charge is -2.17. The zero-order valence-corrected chi connectivity index (χ0v) is 11.2. The standard InChI is InChI=1S/C14H21N3O/c1-9-6-10(9)8-16-14(18)12-7-11(15)4-5-13(12)17(2)3/h4-5,7,9-10H,6,8,15H2,1-3H3,(H,16,18). The van der Waals surface area contributed by atoms with Crippen LogP contribution in [-0.4, -0.2) is 26.5 Å². The van der Waals surface area contributed by atoms with E-state index in [1.54, 1.807) is 6.07 Å². The molecular formula is C14H21N3O. The predicted molar refractivity (Wildman–Crippen MR) is 74.8 cm³/mol. The molecule has 0 aromatic heterocycles. The van der Waals surface area contributed by atoms with Crippen LogP contribution in [0.1, 0.15) is 23.7 Å². The number of benzene rings is 1. The number of amides is 1. The summed E-state index contributed by atoms with van der Waals surface area (Å²) in [5.41, 5.74) is 7.91. The van der Waals surface area contributed by atoms with E-state index in [1.807, 2.05) is 31.1 Å². The van der Waals surface area contributed by atoms with E-state index in [4.69, 9.17) is 5.73 Å². The second kappa shape index (κ2) is 4.88. The number of nitrogen functional groups attached to an aromatic ring is 1. The molecular weight excluding hydrogens is 226 g/mol. The van der Waals surface area contributed by atoms with Crippen LogP contribution >= 0.6 is 0 Å². The number of nitrogens with zero attached hydrogens (tertiary/aromatic N) is 1. The number of nitrogens with two attached hydrogens (primary N) is 1. The first-order valence-corrected chi connectivity index (χ1v) is 6.34. The van der Waals surface area contributed by atoms with E-state index in [0.29, 0.717) is 17.2 Å². The third-order valence-electron chi connectivity index (χ3n) is 3.55. The smallest absolute Gasteiger partial charge is 0.253 e. The summed E-state index contributed by atoms with van der Waals surface area (Å²) in [7, 11) is 3.84. The molecule has 1 saturated carbocycles. The average molecular weight is 247 g/mol. The Hall–Kier alpha value is -1.71. The molecule has 1 amide bonds. The SMILES string of the molecule is CC1CC1CNC(=O)c1cc(N)ccc1N(C)C. The van der Waals surface area contributed by atoms with Crippen LogP contribution in [0.5, 0.6) is 0 Å². The van der Waals surface area contributed by atoms with Crippen molar-refractivity contribution in [2.24, 2.45) is 11.8 Å². The van der Waals surface area contributed by atoms with Gasteiger partial charge in [0.25, 0.3) is 5.91 Å². The Morgan fingerprint density at radius 1 is 1.50 bits per heavy atom. The third kappa shape index (κ3) is 2.75. The highest BCUT2D eigenvalue weighted by atomic mass is 16.1. The topological polar surface area (TPSA) is 58.4 Å². The van der Waals surface area contributed by atoms with Crippen LogP contribution in [0.25, 0.3) is 0 Å². The minimum absolute atomic E-state index is 0.0369. The molecule has 0 heterocycles. The number of rotatable bonds is 4. The van der Waals surface area contributed by atoms with E-state index >= 15 is 0 Å².